The number of carbonyl (C=O) groups is 1. The molecule has 0 atom stereocenters. The fourth-order valence-corrected chi connectivity index (χ4v) is 2.89. The summed E-state index contributed by atoms with van der Waals surface area (Å²) in [5, 5.41) is 2.79. The van der Waals surface area contributed by atoms with E-state index in [-0.39, 0.29) is 5.69 Å². The third kappa shape index (κ3) is 4.75. The molecule has 8 heteroatoms. The molecule has 0 aromatic carbocycles. The molecule has 0 unspecified atom stereocenters. The van der Waals surface area contributed by atoms with Gasteiger partial charge in [-0.3, -0.25) is 9.20 Å². The lowest BCUT2D eigenvalue weighted by atomic mass is 10.2. The number of halogens is 3. The molecule has 2 aromatic rings. The van der Waals surface area contributed by atoms with E-state index in [0.29, 0.717) is 17.9 Å². The van der Waals surface area contributed by atoms with Crippen molar-refractivity contribution in [2.75, 3.05) is 26.2 Å². The summed E-state index contributed by atoms with van der Waals surface area (Å²) in [6.45, 7) is 9.26. The maximum atomic E-state index is 12.9. The summed E-state index contributed by atoms with van der Waals surface area (Å²) in [7, 11) is 0. The number of aryl methyl sites for hydroxylation is 1. The number of hydrogen-bond donors (Lipinski definition) is 1. The van der Waals surface area contributed by atoms with Gasteiger partial charge in [-0.15, -0.1) is 0 Å². The summed E-state index contributed by atoms with van der Waals surface area (Å²) < 4.78 is 40.0. The molecule has 5 nitrogen and oxygen atoms in total. The predicted octanol–water partition coefficient (Wildman–Crippen LogP) is 3.51. The van der Waals surface area contributed by atoms with Crippen LogP contribution in [0.1, 0.15) is 48.4 Å². The zero-order valence-electron chi connectivity index (χ0n) is 15.4. The average molecular weight is 370 g/mol. The van der Waals surface area contributed by atoms with Crippen LogP contribution in [0.5, 0.6) is 0 Å². The summed E-state index contributed by atoms with van der Waals surface area (Å²) >= 11 is 0. The highest BCUT2D eigenvalue weighted by Gasteiger charge is 2.31. The van der Waals surface area contributed by atoms with Crippen molar-refractivity contribution in [3.8, 4) is 0 Å². The van der Waals surface area contributed by atoms with Gasteiger partial charge in [0.05, 0.1) is 11.3 Å². The number of rotatable bonds is 8. The predicted molar refractivity (Wildman–Crippen MR) is 94.3 cm³/mol. The number of amides is 1. The third-order valence-corrected chi connectivity index (χ3v) is 4.42. The van der Waals surface area contributed by atoms with Crippen LogP contribution in [0.25, 0.3) is 5.65 Å². The maximum Gasteiger partial charge on any atom is 0.417 e. The highest BCUT2D eigenvalue weighted by molar-refractivity contribution is 5.94. The summed E-state index contributed by atoms with van der Waals surface area (Å²) in [5.41, 5.74) is 0.0673. The minimum absolute atomic E-state index is 0.148. The number of alkyl halides is 3. The normalized spacial score (nSPS) is 12.1. The van der Waals surface area contributed by atoms with Crippen LogP contribution in [0, 0.1) is 6.92 Å². The topological polar surface area (TPSA) is 49.6 Å². The van der Waals surface area contributed by atoms with Crippen LogP contribution < -0.4 is 5.32 Å². The van der Waals surface area contributed by atoms with Crippen LogP contribution in [0.2, 0.25) is 0 Å². The minimum atomic E-state index is -4.47. The molecule has 0 aliphatic rings. The molecule has 2 heterocycles. The molecule has 26 heavy (non-hydrogen) atoms. The number of hydrogen-bond acceptors (Lipinski definition) is 3. The first-order valence-corrected chi connectivity index (χ1v) is 8.84. The van der Waals surface area contributed by atoms with Crippen molar-refractivity contribution >= 4 is 11.6 Å². The molecule has 144 valence electrons. The zero-order valence-corrected chi connectivity index (χ0v) is 15.4. The van der Waals surface area contributed by atoms with E-state index in [4.69, 9.17) is 0 Å². The molecule has 0 bridgehead atoms. The van der Waals surface area contributed by atoms with E-state index >= 15 is 0 Å². The van der Waals surface area contributed by atoms with E-state index in [1.54, 1.807) is 6.92 Å². The molecule has 0 saturated carbocycles. The maximum absolute atomic E-state index is 12.9. The van der Waals surface area contributed by atoms with Crippen LogP contribution in [0.3, 0.4) is 0 Å². The molecule has 0 aliphatic heterocycles. The van der Waals surface area contributed by atoms with Crippen LogP contribution in [-0.2, 0) is 6.18 Å². The summed E-state index contributed by atoms with van der Waals surface area (Å²) in [4.78, 5) is 18.9. The van der Waals surface area contributed by atoms with E-state index < -0.39 is 17.6 Å². The average Bonchev–Trinajstić information content (AvgIpc) is 2.92. The molecule has 1 amide bonds. The van der Waals surface area contributed by atoms with Crippen molar-refractivity contribution in [2.24, 2.45) is 0 Å². The van der Waals surface area contributed by atoms with Gasteiger partial charge in [-0.25, -0.2) is 4.98 Å². The van der Waals surface area contributed by atoms with Crippen LogP contribution in [-0.4, -0.2) is 46.4 Å². The van der Waals surface area contributed by atoms with Gasteiger partial charge >= 0.3 is 6.18 Å². The largest absolute Gasteiger partial charge is 0.417 e. The van der Waals surface area contributed by atoms with Crippen LogP contribution >= 0.6 is 0 Å². The number of pyridine rings is 1. The third-order valence-electron chi connectivity index (χ3n) is 4.42. The van der Waals surface area contributed by atoms with Gasteiger partial charge in [0.2, 0.25) is 0 Å². The Morgan fingerprint density at radius 2 is 1.92 bits per heavy atom. The van der Waals surface area contributed by atoms with Gasteiger partial charge in [-0.05, 0) is 51.5 Å². The first-order chi connectivity index (χ1) is 12.3. The Labute approximate surface area is 151 Å². The molecule has 0 aliphatic carbocycles. The number of fused-ring (bicyclic) bond motifs is 1. The second-order valence-corrected chi connectivity index (χ2v) is 6.18. The lowest BCUT2D eigenvalue weighted by molar-refractivity contribution is -0.137. The summed E-state index contributed by atoms with van der Waals surface area (Å²) in [6.07, 6.45) is -1.78. The SMILES string of the molecule is CCN(CC)CCCCNC(=O)c1c(C)nc2ccc(C(F)(F)F)cn12. The van der Waals surface area contributed by atoms with Crippen molar-refractivity contribution in [1.29, 1.82) is 0 Å². The van der Waals surface area contributed by atoms with Gasteiger partial charge < -0.3 is 10.2 Å². The van der Waals surface area contributed by atoms with Crippen molar-refractivity contribution in [3.63, 3.8) is 0 Å². The second-order valence-electron chi connectivity index (χ2n) is 6.18. The van der Waals surface area contributed by atoms with Crippen LogP contribution in [0.4, 0.5) is 13.2 Å². The Balaban J connectivity index is 2.04. The Hall–Kier alpha value is -2.09. The Morgan fingerprint density at radius 3 is 2.54 bits per heavy atom. The standard InChI is InChI=1S/C18H25F3N4O/c1-4-24(5-2)11-7-6-10-22-17(26)16-13(3)23-15-9-8-14(12-25(15)16)18(19,20)21/h8-9,12H,4-7,10-11H2,1-3H3,(H,22,26). The molecular formula is C18H25F3N4O. The lowest BCUT2D eigenvalue weighted by Gasteiger charge is -2.17. The first-order valence-electron chi connectivity index (χ1n) is 8.84. The van der Waals surface area contributed by atoms with E-state index in [1.165, 1.54) is 10.5 Å². The Morgan fingerprint density at radius 1 is 1.23 bits per heavy atom. The lowest BCUT2D eigenvalue weighted by Crippen LogP contribution is -2.28. The molecule has 0 fully saturated rings. The summed E-state index contributed by atoms with van der Waals surface area (Å²) in [6, 6.07) is 2.24. The summed E-state index contributed by atoms with van der Waals surface area (Å²) in [5.74, 6) is -0.405. The number of unbranched alkanes of at least 4 members (excludes halogenated alkanes) is 1. The molecule has 1 N–H and O–H groups in total. The molecule has 0 saturated heterocycles. The van der Waals surface area contributed by atoms with Gasteiger partial charge in [-0.2, -0.15) is 13.2 Å². The van der Waals surface area contributed by atoms with Crippen molar-refractivity contribution in [1.82, 2.24) is 19.6 Å². The van der Waals surface area contributed by atoms with Crippen molar-refractivity contribution < 1.29 is 18.0 Å². The van der Waals surface area contributed by atoms with E-state index in [1.807, 2.05) is 0 Å². The molecule has 2 aromatic heterocycles. The second kappa shape index (κ2) is 8.53. The van der Waals surface area contributed by atoms with Gasteiger partial charge in [0.1, 0.15) is 11.3 Å². The minimum Gasteiger partial charge on any atom is -0.351 e. The number of imidazole rings is 1. The molecule has 2 rings (SSSR count). The Bertz CT molecular complexity index is 751. The van der Waals surface area contributed by atoms with E-state index in [2.05, 4.69) is 29.0 Å². The smallest absolute Gasteiger partial charge is 0.351 e. The first kappa shape index (κ1) is 20.2. The number of nitrogens with one attached hydrogen (secondary N) is 1. The zero-order chi connectivity index (χ0) is 19.3. The monoisotopic (exact) mass is 370 g/mol. The van der Waals surface area contributed by atoms with Crippen LogP contribution in [0.15, 0.2) is 18.3 Å². The molecule has 0 spiro atoms. The number of aromatic nitrogens is 2. The highest BCUT2D eigenvalue weighted by Crippen LogP contribution is 2.29. The fraction of sp³-hybridized carbons (Fsp3) is 0.556. The van der Waals surface area contributed by atoms with Crippen molar-refractivity contribution in [2.45, 2.75) is 39.8 Å². The van der Waals surface area contributed by atoms with Gasteiger partial charge in [0.15, 0.2) is 0 Å². The van der Waals surface area contributed by atoms with Gasteiger partial charge in [0.25, 0.3) is 5.91 Å². The number of carbonyl (C=O) groups excluding carboxylic acids is 1. The van der Waals surface area contributed by atoms with Gasteiger partial charge in [-0.1, -0.05) is 13.8 Å². The molecule has 0 radical (unpaired) electrons. The highest BCUT2D eigenvalue weighted by atomic mass is 19.4. The Kier molecular flexibility index (Phi) is 6.63. The number of nitrogens with zero attached hydrogens (tertiary/aromatic N) is 3. The molecular weight excluding hydrogens is 345 g/mol. The van der Waals surface area contributed by atoms with Gasteiger partial charge in [0, 0.05) is 12.7 Å². The van der Waals surface area contributed by atoms with E-state index in [0.717, 1.165) is 44.7 Å². The fourth-order valence-electron chi connectivity index (χ4n) is 2.89. The van der Waals surface area contributed by atoms with E-state index in [9.17, 15) is 18.0 Å². The van der Waals surface area contributed by atoms with Crippen molar-refractivity contribution in [3.05, 3.63) is 35.3 Å². The quantitative estimate of drug-likeness (QED) is 0.724.